The zero-order valence-electron chi connectivity index (χ0n) is 30.5. The second kappa shape index (κ2) is 13.7. The van der Waals surface area contributed by atoms with E-state index in [1.165, 1.54) is 151 Å². The number of hydrogen-bond acceptors (Lipinski definition) is 1. The van der Waals surface area contributed by atoms with Crippen molar-refractivity contribution in [3.63, 3.8) is 0 Å². The first-order valence-corrected chi connectivity index (χ1v) is 20.3. The van der Waals surface area contributed by atoms with Crippen LogP contribution in [0.1, 0.15) is 197 Å². The fraction of sp³-hybridized carbons (Fsp3) is 0.614. The van der Waals surface area contributed by atoms with Crippen molar-refractivity contribution in [3.8, 4) is 0 Å². The van der Waals surface area contributed by atoms with Gasteiger partial charge in [0.05, 0.1) is 11.4 Å². The van der Waals surface area contributed by atoms with Gasteiger partial charge in [-0.15, -0.1) is 0 Å². The molecule has 3 aromatic rings. The molecule has 3 aromatic heterocycles. The number of aromatic nitrogens is 3. The summed E-state index contributed by atoms with van der Waals surface area (Å²) in [7, 11) is 0. The normalized spacial score (nSPS) is 23.5. The van der Waals surface area contributed by atoms with Gasteiger partial charge in [-0.3, -0.25) is 4.99 Å². The summed E-state index contributed by atoms with van der Waals surface area (Å²) >= 11 is 0. The molecule has 3 N–H and O–H groups in total. The van der Waals surface area contributed by atoms with Crippen LogP contribution in [0.3, 0.4) is 0 Å². The Morgan fingerprint density at radius 3 is 1.83 bits per heavy atom. The lowest BCUT2D eigenvalue weighted by molar-refractivity contribution is 0.578. The van der Waals surface area contributed by atoms with Crippen LogP contribution in [-0.4, -0.2) is 20.7 Å². The van der Waals surface area contributed by atoms with Crippen molar-refractivity contribution in [3.05, 3.63) is 91.0 Å². The van der Waals surface area contributed by atoms with Gasteiger partial charge in [-0.1, -0.05) is 59.5 Å². The maximum absolute atomic E-state index is 5.46. The lowest BCUT2D eigenvalue weighted by atomic mass is 9.78. The van der Waals surface area contributed by atoms with Gasteiger partial charge in [0.25, 0.3) is 0 Å². The molecular formula is C44H60N4. The van der Waals surface area contributed by atoms with E-state index in [9.17, 15) is 0 Å². The van der Waals surface area contributed by atoms with Crippen LogP contribution in [0.4, 0.5) is 0 Å². The van der Waals surface area contributed by atoms with Gasteiger partial charge < -0.3 is 15.0 Å². The molecule has 0 fully saturated rings. The molecule has 0 amide bonds. The Labute approximate surface area is 289 Å². The van der Waals surface area contributed by atoms with Crippen LogP contribution < -0.4 is 0 Å². The molecule has 0 bridgehead atoms. The van der Waals surface area contributed by atoms with Crippen molar-refractivity contribution in [1.29, 1.82) is 0 Å². The number of fused-ring (bicyclic) bond motifs is 4. The van der Waals surface area contributed by atoms with Crippen molar-refractivity contribution < 1.29 is 0 Å². The van der Waals surface area contributed by atoms with E-state index in [0.717, 1.165) is 0 Å². The van der Waals surface area contributed by atoms with Crippen LogP contribution in [0.5, 0.6) is 0 Å². The van der Waals surface area contributed by atoms with Crippen LogP contribution in [0.15, 0.2) is 34.1 Å². The summed E-state index contributed by atoms with van der Waals surface area (Å²) in [6.45, 7) is 9.43. The van der Waals surface area contributed by atoms with Crippen molar-refractivity contribution in [2.24, 2.45) is 4.99 Å². The molecular weight excluding hydrogens is 585 g/mol. The zero-order valence-corrected chi connectivity index (χ0v) is 30.5. The molecule has 5 aliphatic rings. The molecule has 0 aromatic carbocycles. The average Bonchev–Trinajstić information content (AvgIpc) is 3.88. The summed E-state index contributed by atoms with van der Waals surface area (Å²) in [5.41, 5.74) is 23.5. The third kappa shape index (κ3) is 5.35. The number of H-pyrrole nitrogens is 3. The molecule has 48 heavy (non-hydrogen) atoms. The predicted molar refractivity (Wildman–Crippen MR) is 201 cm³/mol. The number of nitrogens with one attached hydrogen (secondary N) is 3. The molecule has 4 heterocycles. The SMILES string of the molecule is CCCC1=C2CCCC=C2N=C1C1CCCc2c1[nH]c(C1CCCc3c1[nH]c(C1CCCc4c(CCC)c[nH]c41)c3CCC)c2CCC. The highest BCUT2D eigenvalue weighted by molar-refractivity contribution is 6.09. The van der Waals surface area contributed by atoms with Gasteiger partial charge in [0.2, 0.25) is 0 Å². The highest BCUT2D eigenvalue weighted by Crippen LogP contribution is 2.49. The van der Waals surface area contributed by atoms with Crippen LogP contribution in [0.2, 0.25) is 0 Å². The first-order valence-electron chi connectivity index (χ1n) is 20.3. The zero-order chi connectivity index (χ0) is 32.8. The first-order chi connectivity index (χ1) is 23.7. The molecule has 4 aliphatic carbocycles. The minimum atomic E-state index is 0.419. The largest absolute Gasteiger partial charge is 0.364 e. The van der Waals surface area contributed by atoms with Crippen LogP contribution >= 0.6 is 0 Å². The number of aromatic amines is 3. The Morgan fingerprint density at radius 1 is 0.604 bits per heavy atom. The average molecular weight is 645 g/mol. The summed E-state index contributed by atoms with van der Waals surface area (Å²) in [4.78, 5) is 17.9. The standard InChI is InChI=1S/C44H60N4/c1-5-14-27-26-45-39-28(27)19-11-22-35(39)41-31(16-7-3)33-21-13-24-37(44(33)47-41)42-32(17-8-4)34-20-12-23-36(43(34)48-42)40-30(15-6-2)29-18-9-10-25-38(29)46-40/h25-26,35-37,45,47-48H,5-24H2,1-4H3. The molecule has 0 spiro atoms. The van der Waals surface area contributed by atoms with E-state index in [1.54, 1.807) is 61.6 Å². The Bertz CT molecular complexity index is 1750. The van der Waals surface area contributed by atoms with E-state index < -0.39 is 0 Å². The van der Waals surface area contributed by atoms with Gasteiger partial charge in [-0.2, -0.15) is 0 Å². The van der Waals surface area contributed by atoms with Gasteiger partial charge in [-0.25, -0.2) is 0 Å². The van der Waals surface area contributed by atoms with E-state index in [1.807, 2.05) is 0 Å². The summed E-state index contributed by atoms with van der Waals surface area (Å²) in [6, 6.07) is 0. The Balaban J connectivity index is 1.21. The highest BCUT2D eigenvalue weighted by Gasteiger charge is 2.39. The van der Waals surface area contributed by atoms with Crippen LogP contribution in [0, 0.1) is 0 Å². The summed E-state index contributed by atoms with van der Waals surface area (Å²) in [5, 5.41) is 0. The minimum Gasteiger partial charge on any atom is -0.364 e. The van der Waals surface area contributed by atoms with Crippen LogP contribution in [0.25, 0.3) is 0 Å². The lowest BCUT2D eigenvalue weighted by Gasteiger charge is -2.25. The smallest absolute Gasteiger partial charge is 0.0628 e. The lowest BCUT2D eigenvalue weighted by Crippen LogP contribution is -2.20. The monoisotopic (exact) mass is 644 g/mol. The molecule has 4 heteroatoms. The van der Waals surface area contributed by atoms with Gasteiger partial charge in [-0.05, 0) is 147 Å². The van der Waals surface area contributed by atoms with E-state index in [0.29, 0.717) is 17.8 Å². The summed E-state index contributed by atoms with van der Waals surface area (Å²) in [6.07, 6.45) is 29.3. The van der Waals surface area contributed by atoms with E-state index in [2.05, 4.69) is 54.9 Å². The Hall–Kier alpha value is -3.01. The van der Waals surface area contributed by atoms with Gasteiger partial charge in [0.15, 0.2) is 0 Å². The van der Waals surface area contributed by atoms with Gasteiger partial charge in [0, 0.05) is 52.4 Å². The number of aryl methyl sites for hydroxylation is 1. The van der Waals surface area contributed by atoms with Crippen molar-refractivity contribution in [2.75, 3.05) is 0 Å². The number of allylic oxidation sites excluding steroid dienone is 3. The Kier molecular flexibility index (Phi) is 9.20. The highest BCUT2D eigenvalue weighted by atomic mass is 14.9. The molecule has 1 aliphatic heterocycles. The molecule has 256 valence electrons. The Morgan fingerprint density at radius 2 is 1.19 bits per heavy atom. The number of hydrogen-bond donors (Lipinski definition) is 3. The minimum absolute atomic E-state index is 0.419. The number of aliphatic imine (C=N–C) groups is 1. The van der Waals surface area contributed by atoms with E-state index >= 15 is 0 Å². The van der Waals surface area contributed by atoms with Crippen molar-refractivity contribution >= 4 is 5.71 Å². The number of nitrogens with zero attached hydrogens (tertiary/aromatic N) is 1. The molecule has 4 nitrogen and oxygen atoms in total. The van der Waals surface area contributed by atoms with E-state index in [-0.39, 0.29) is 0 Å². The maximum Gasteiger partial charge on any atom is 0.0628 e. The number of rotatable bonds is 11. The topological polar surface area (TPSA) is 59.7 Å². The molecule has 3 unspecified atom stereocenters. The molecule has 0 saturated carbocycles. The van der Waals surface area contributed by atoms with E-state index in [4.69, 9.17) is 4.99 Å². The second-order valence-corrected chi connectivity index (χ2v) is 15.8. The first kappa shape index (κ1) is 32.2. The third-order valence-electron chi connectivity index (χ3n) is 12.7. The van der Waals surface area contributed by atoms with Gasteiger partial charge in [0.1, 0.15) is 0 Å². The quantitative estimate of drug-likeness (QED) is 0.186. The van der Waals surface area contributed by atoms with Crippen molar-refractivity contribution in [1.82, 2.24) is 15.0 Å². The molecule has 3 atom stereocenters. The fourth-order valence-electron chi connectivity index (χ4n) is 10.8. The fourth-order valence-corrected chi connectivity index (χ4v) is 10.8. The summed E-state index contributed by atoms with van der Waals surface area (Å²) < 4.78 is 0. The molecule has 0 radical (unpaired) electrons. The maximum atomic E-state index is 5.46. The van der Waals surface area contributed by atoms with Crippen molar-refractivity contribution in [2.45, 2.75) is 174 Å². The summed E-state index contributed by atoms with van der Waals surface area (Å²) in [5.74, 6) is 1.34. The predicted octanol–water partition coefficient (Wildman–Crippen LogP) is 11.5. The molecule has 0 saturated heterocycles. The molecule has 8 rings (SSSR count). The van der Waals surface area contributed by atoms with Crippen LogP contribution in [-0.2, 0) is 38.5 Å². The van der Waals surface area contributed by atoms with Gasteiger partial charge >= 0.3 is 0 Å². The third-order valence-corrected chi connectivity index (χ3v) is 12.7. The second-order valence-electron chi connectivity index (χ2n) is 15.8.